The summed E-state index contributed by atoms with van der Waals surface area (Å²) in [4.78, 5) is 14.6. The van der Waals surface area contributed by atoms with E-state index in [1.807, 2.05) is 6.07 Å². The molecule has 0 unspecified atom stereocenters. The predicted molar refractivity (Wildman–Crippen MR) is 38.6 cm³/mol. The Hall–Kier alpha value is -1.32. The summed E-state index contributed by atoms with van der Waals surface area (Å²) in [7, 11) is 1.53. The fourth-order valence-corrected chi connectivity index (χ4v) is 0.933. The monoisotopic (exact) mass is 131 g/mol. The minimum absolute atomic E-state index is 0.0892. The second kappa shape index (κ2) is 1.83. The summed E-state index contributed by atoms with van der Waals surface area (Å²) in [6.07, 6.45) is 1.65. The first-order valence-electron chi connectivity index (χ1n) is 2.97. The van der Waals surface area contributed by atoms with Gasteiger partial charge >= 0.3 is 0 Å². The average molecular weight is 131 g/mol. The Labute approximate surface area is 58.7 Å². The lowest BCUT2D eigenvalue weighted by Gasteiger charge is -1.92. The highest BCUT2D eigenvalue weighted by Crippen LogP contribution is 2.02. The summed E-state index contributed by atoms with van der Waals surface area (Å²) in [5.41, 5.74) is 0.868. The van der Waals surface area contributed by atoms with E-state index in [1.54, 1.807) is 12.3 Å². The number of rotatable bonds is 0. The highest BCUT2D eigenvalue weighted by atomic mass is 16.1. The molecule has 1 aliphatic heterocycles. The second-order valence-electron chi connectivity index (χ2n) is 2.07. The largest absolute Gasteiger partial charge is 0.320 e. The van der Waals surface area contributed by atoms with Crippen molar-refractivity contribution in [2.45, 2.75) is 0 Å². The van der Waals surface area contributed by atoms with E-state index in [1.165, 1.54) is 7.28 Å². The molecule has 0 aromatic carbocycles. The Morgan fingerprint density at radius 1 is 1.60 bits per heavy atom. The van der Waals surface area contributed by atoms with Gasteiger partial charge in [-0.2, -0.15) is 0 Å². The van der Waals surface area contributed by atoms with E-state index in [2.05, 4.69) is 10.3 Å². The van der Waals surface area contributed by atoms with Crippen LogP contribution < -0.4 is 10.8 Å². The lowest BCUT2D eigenvalue weighted by Crippen LogP contribution is -2.14. The van der Waals surface area contributed by atoms with Crippen LogP contribution in [0.25, 0.3) is 0 Å². The van der Waals surface area contributed by atoms with Crippen molar-refractivity contribution in [3.05, 3.63) is 18.3 Å². The van der Waals surface area contributed by atoms with Gasteiger partial charge in [-0.3, -0.25) is 4.79 Å². The molecule has 4 heteroatoms. The molecule has 1 aromatic rings. The summed E-state index contributed by atoms with van der Waals surface area (Å²) in [5.74, 6) is 0.571. The Morgan fingerprint density at radius 2 is 2.50 bits per heavy atom. The Kier molecular flexibility index (Phi) is 1.00. The Bertz CT molecular complexity index is 260. The van der Waals surface area contributed by atoms with E-state index in [0.29, 0.717) is 5.82 Å². The van der Waals surface area contributed by atoms with Crippen LogP contribution in [0.3, 0.4) is 0 Å². The van der Waals surface area contributed by atoms with Gasteiger partial charge in [-0.25, -0.2) is 4.98 Å². The summed E-state index contributed by atoms with van der Waals surface area (Å²) >= 11 is 0. The molecule has 1 amide bonds. The normalized spacial score (nSPS) is 13.8. The molecular formula is C6H4BN2O. The smallest absolute Gasteiger partial charge is 0.276 e. The van der Waals surface area contributed by atoms with E-state index in [4.69, 9.17) is 0 Å². The molecule has 0 bridgehead atoms. The van der Waals surface area contributed by atoms with Crippen molar-refractivity contribution in [1.82, 2.24) is 4.98 Å². The zero-order valence-electron chi connectivity index (χ0n) is 5.16. The van der Waals surface area contributed by atoms with Gasteiger partial charge in [0.2, 0.25) is 0 Å². The zero-order chi connectivity index (χ0) is 6.97. The fraction of sp³-hybridized carbons (Fsp3) is 0. The molecule has 0 aliphatic carbocycles. The van der Waals surface area contributed by atoms with Crippen molar-refractivity contribution in [3.63, 3.8) is 0 Å². The molecule has 10 heavy (non-hydrogen) atoms. The fourth-order valence-electron chi connectivity index (χ4n) is 0.933. The van der Waals surface area contributed by atoms with Gasteiger partial charge in [0.05, 0.1) is 0 Å². The van der Waals surface area contributed by atoms with Crippen LogP contribution in [-0.2, 0) is 0 Å². The second-order valence-corrected chi connectivity index (χ2v) is 2.07. The number of carbonyl (C=O) groups is 1. The van der Waals surface area contributed by atoms with Crippen LogP contribution >= 0.6 is 0 Å². The minimum Gasteiger partial charge on any atom is -0.320 e. The molecule has 3 nitrogen and oxygen atoms in total. The van der Waals surface area contributed by atoms with Crippen molar-refractivity contribution in [3.8, 4) is 0 Å². The van der Waals surface area contributed by atoms with Crippen LogP contribution in [-0.4, -0.2) is 18.1 Å². The third-order valence-corrected chi connectivity index (χ3v) is 1.37. The van der Waals surface area contributed by atoms with Crippen LogP contribution in [0.5, 0.6) is 0 Å². The number of carbonyl (C=O) groups excluding carboxylic acids is 1. The van der Waals surface area contributed by atoms with Crippen molar-refractivity contribution in [1.29, 1.82) is 0 Å². The highest BCUT2D eigenvalue weighted by Gasteiger charge is 2.18. The minimum atomic E-state index is -0.0892. The third kappa shape index (κ3) is 0.691. The summed E-state index contributed by atoms with van der Waals surface area (Å²) in [6.45, 7) is 0. The van der Waals surface area contributed by atoms with Crippen LogP contribution in [0, 0.1) is 0 Å². The number of amides is 1. The first kappa shape index (κ1) is 5.47. The quantitative estimate of drug-likeness (QED) is 0.501. The number of nitrogens with zero attached hydrogens (tertiary/aromatic N) is 1. The molecule has 2 heterocycles. The van der Waals surface area contributed by atoms with Gasteiger partial charge in [0, 0.05) is 6.20 Å². The molecule has 1 radical (unpaired) electrons. The molecular weight excluding hydrogens is 127 g/mol. The van der Waals surface area contributed by atoms with Gasteiger partial charge < -0.3 is 5.32 Å². The van der Waals surface area contributed by atoms with Crippen molar-refractivity contribution in [2.24, 2.45) is 0 Å². The maximum Gasteiger partial charge on any atom is 0.276 e. The lowest BCUT2D eigenvalue weighted by molar-refractivity contribution is 0.269. The van der Waals surface area contributed by atoms with E-state index < -0.39 is 0 Å². The van der Waals surface area contributed by atoms with E-state index >= 15 is 0 Å². The van der Waals surface area contributed by atoms with Crippen molar-refractivity contribution < 1.29 is 4.79 Å². The molecule has 1 aromatic heterocycles. The lowest BCUT2D eigenvalue weighted by atomic mass is 9.73. The summed E-state index contributed by atoms with van der Waals surface area (Å²) in [5, 5.41) is 2.59. The first-order chi connectivity index (χ1) is 4.86. The molecule has 0 spiro atoms. The summed E-state index contributed by atoms with van der Waals surface area (Å²) < 4.78 is 0. The van der Waals surface area contributed by atoms with Gasteiger partial charge in [0.1, 0.15) is 5.82 Å². The molecule has 0 saturated heterocycles. The molecule has 2 rings (SSSR count). The van der Waals surface area contributed by atoms with E-state index in [-0.39, 0.29) is 5.81 Å². The molecule has 0 atom stereocenters. The number of pyridine rings is 1. The standard InChI is InChI=1S/C6H4BN2O/c10-6-7-4-2-1-3-8-5(4)9-6/h1-3H,(H,8,9,10). The van der Waals surface area contributed by atoms with Gasteiger partial charge in [0.25, 0.3) is 7.28 Å². The third-order valence-electron chi connectivity index (χ3n) is 1.37. The number of fused-ring (bicyclic) bond motifs is 1. The maximum atomic E-state index is 10.7. The van der Waals surface area contributed by atoms with E-state index in [9.17, 15) is 4.79 Å². The van der Waals surface area contributed by atoms with Gasteiger partial charge in [-0.05, 0) is 11.5 Å². The molecule has 0 saturated carbocycles. The van der Waals surface area contributed by atoms with E-state index in [0.717, 1.165) is 5.46 Å². The van der Waals surface area contributed by atoms with Gasteiger partial charge in [-0.15, -0.1) is 0 Å². The predicted octanol–water partition coefficient (Wildman–Crippen LogP) is -0.0434. The number of hydrogen-bond acceptors (Lipinski definition) is 2. The zero-order valence-corrected chi connectivity index (χ0v) is 5.16. The Morgan fingerprint density at radius 3 is 3.30 bits per heavy atom. The highest BCUT2D eigenvalue weighted by molar-refractivity contribution is 6.89. The van der Waals surface area contributed by atoms with Gasteiger partial charge in [-0.1, -0.05) is 6.07 Å². The Balaban J connectivity index is 2.51. The van der Waals surface area contributed by atoms with Crippen LogP contribution in [0.4, 0.5) is 10.6 Å². The van der Waals surface area contributed by atoms with Crippen LogP contribution in [0.2, 0.25) is 0 Å². The van der Waals surface area contributed by atoms with Crippen LogP contribution in [0.15, 0.2) is 18.3 Å². The SMILES string of the molecule is O=C1[B]c2cccnc2N1. The summed E-state index contributed by atoms with van der Waals surface area (Å²) in [6, 6.07) is 3.65. The first-order valence-corrected chi connectivity index (χ1v) is 2.97. The number of hydrogen-bond donors (Lipinski definition) is 1. The topological polar surface area (TPSA) is 42.0 Å². The van der Waals surface area contributed by atoms with Gasteiger partial charge in [0.15, 0.2) is 5.81 Å². The number of aromatic nitrogens is 1. The molecule has 0 fully saturated rings. The van der Waals surface area contributed by atoms with Crippen molar-refractivity contribution >= 4 is 24.4 Å². The molecule has 1 aliphatic rings. The molecule has 47 valence electrons. The maximum absolute atomic E-state index is 10.7. The van der Waals surface area contributed by atoms with Crippen molar-refractivity contribution in [2.75, 3.05) is 5.32 Å². The average Bonchev–Trinajstić information content (AvgIpc) is 2.27. The number of nitrogens with one attached hydrogen (secondary N) is 1. The number of anilines is 1. The molecule has 1 N–H and O–H groups in total. The van der Waals surface area contributed by atoms with Crippen LogP contribution in [0.1, 0.15) is 0 Å².